The van der Waals surface area contributed by atoms with E-state index in [0.717, 1.165) is 0 Å². The van der Waals surface area contributed by atoms with E-state index < -0.39 is 30.0 Å². The first-order valence-electron chi connectivity index (χ1n) is 6.71. The largest absolute Gasteiger partial charge is 0.481 e. The molecule has 0 atom stereocenters. The number of carbonyl (C=O) groups is 2. The third-order valence-corrected chi connectivity index (χ3v) is 3.64. The standard InChI is InChI=1S/C13H14F3N3O3/c14-13(15,16)11(22)19(12-17-6-1-7-18-12)9-4-2-8(3-5-9)10(20)21/h1,6-9H,2-5H2,(H,20,21). The summed E-state index contributed by atoms with van der Waals surface area (Å²) in [6.45, 7) is 0. The molecule has 0 saturated heterocycles. The molecule has 9 heteroatoms. The van der Waals surface area contributed by atoms with Gasteiger partial charge in [0, 0.05) is 18.4 Å². The molecular weight excluding hydrogens is 303 g/mol. The monoisotopic (exact) mass is 317 g/mol. The molecule has 1 aliphatic rings. The number of aromatic nitrogens is 2. The number of carboxylic acid groups (broad SMARTS) is 1. The van der Waals surface area contributed by atoms with E-state index in [1.807, 2.05) is 0 Å². The van der Waals surface area contributed by atoms with Crippen molar-refractivity contribution in [2.24, 2.45) is 5.92 Å². The van der Waals surface area contributed by atoms with E-state index in [2.05, 4.69) is 9.97 Å². The van der Waals surface area contributed by atoms with Crippen molar-refractivity contribution in [3.8, 4) is 0 Å². The van der Waals surface area contributed by atoms with Gasteiger partial charge < -0.3 is 5.11 Å². The molecular formula is C13H14F3N3O3. The third kappa shape index (κ3) is 3.52. The van der Waals surface area contributed by atoms with E-state index in [0.29, 0.717) is 4.90 Å². The molecule has 120 valence electrons. The normalized spacial score (nSPS) is 22.1. The molecule has 1 N–H and O–H groups in total. The lowest BCUT2D eigenvalue weighted by Gasteiger charge is -2.34. The van der Waals surface area contributed by atoms with Gasteiger partial charge in [-0.1, -0.05) is 0 Å². The van der Waals surface area contributed by atoms with E-state index in [4.69, 9.17) is 5.11 Å². The minimum absolute atomic E-state index is 0.164. The summed E-state index contributed by atoms with van der Waals surface area (Å²) in [7, 11) is 0. The molecule has 1 fully saturated rings. The number of aliphatic carboxylic acids is 1. The van der Waals surface area contributed by atoms with Crippen LogP contribution in [0.4, 0.5) is 19.1 Å². The first-order valence-corrected chi connectivity index (χ1v) is 6.71. The van der Waals surface area contributed by atoms with Gasteiger partial charge in [0.25, 0.3) is 0 Å². The van der Waals surface area contributed by atoms with Crippen LogP contribution in [0.25, 0.3) is 0 Å². The summed E-state index contributed by atoms with van der Waals surface area (Å²) in [4.78, 5) is 30.6. The van der Waals surface area contributed by atoms with Gasteiger partial charge >= 0.3 is 18.1 Å². The Balaban J connectivity index is 2.23. The quantitative estimate of drug-likeness (QED) is 0.922. The molecule has 2 rings (SSSR count). The molecule has 0 radical (unpaired) electrons. The summed E-state index contributed by atoms with van der Waals surface area (Å²) >= 11 is 0. The molecule has 0 unspecified atom stereocenters. The van der Waals surface area contributed by atoms with Gasteiger partial charge in [0.15, 0.2) is 0 Å². The second-order valence-electron chi connectivity index (χ2n) is 5.07. The average Bonchev–Trinajstić information content (AvgIpc) is 2.48. The lowest BCUT2D eigenvalue weighted by Crippen LogP contribution is -2.49. The lowest BCUT2D eigenvalue weighted by atomic mass is 9.85. The highest BCUT2D eigenvalue weighted by Gasteiger charge is 2.47. The second kappa shape index (κ2) is 6.29. The van der Waals surface area contributed by atoms with Crippen LogP contribution < -0.4 is 4.90 Å². The molecule has 0 aliphatic heterocycles. The van der Waals surface area contributed by atoms with Gasteiger partial charge in [-0.2, -0.15) is 13.2 Å². The Hall–Kier alpha value is -2.19. The van der Waals surface area contributed by atoms with E-state index in [1.165, 1.54) is 18.5 Å². The SMILES string of the molecule is O=C(O)C1CCC(N(C(=O)C(F)(F)F)c2ncccn2)CC1. The van der Waals surface area contributed by atoms with Gasteiger partial charge in [-0.25, -0.2) is 9.97 Å². The zero-order valence-corrected chi connectivity index (χ0v) is 11.5. The van der Waals surface area contributed by atoms with Crippen LogP contribution in [0.5, 0.6) is 0 Å². The number of carboxylic acids is 1. The number of amides is 1. The predicted octanol–water partition coefficient (Wildman–Crippen LogP) is 2.02. The fourth-order valence-electron chi connectivity index (χ4n) is 2.55. The number of carbonyl (C=O) groups excluding carboxylic acids is 1. The summed E-state index contributed by atoms with van der Waals surface area (Å²) in [5.41, 5.74) is 0. The number of anilines is 1. The highest BCUT2D eigenvalue weighted by Crippen LogP contribution is 2.32. The maximum Gasteiger partial charge on any atom is 0.471 e. The number of hydrogen-bond acceptors (Lipinski definition) is 4. The van der Waals surface area contributed by atoms with E-state index in [-0.39, 0.29) is 31.6 Å². The molecule has 1 heterocycles. The van der Waals surface area contributed by atoms with Crippen LogP contribution in [0.2, 0.25) is 0 Å². The number of nitrogens with zero attached hydrogens (tertiary/aromatic N) is 3. The van der Waals surface area contributed by atoms with E-state index >= 15 is 0 Å². The number of rotatable bonds is 3. The summed E-state index contributed by atoms with van der Waals surface area (Å²) < 4.78 is 38.4. The van der Waals surface area contributed by atoms with Crippen LogP contribution in [-0.2, 0) is 9.59 Å². The Bertz CT molecular complexity index is 542. The minimum Gasteiger partial charge on any atom is -0.481 e. The van der Waals surface area contributed by atoms with Gasteiger partial charge in [0.05, 0.1) is 5.92 Å². The van der Waals surface area contributed by atoms with E-state index in [9.17, 15) is 22.8 Å². The van der Waals surface area contributed by atoms with Crippen molar-refractivity contribution in [1.82, 2.24) is 9.97 Å². The predicted molar refractivity (Wildman–Crippen MR) is 69.0 cm³/mol. The van der Waals surface area contributed by atoms with Crippen molar-refractivity contribution in [2.45, 2.75) is 37.9 Å². The first kappa shape index (κ1) is 16.2. The molecule has 0 bridgehead atoms. The fraction of sp³-hybridized carbons (Fsp3) is 0.538. The molecule has 1 aliphatic carbocycles. The Labute approximate surface area is 124 Å². The molecule has 0 spiro atoms. The Morgan fingerprint density at radius 2 is 1.68 bits per heavy atom. The van der Waals surface area contributed by atoms with Crippen molar-refractivity contribution in [3.05, 3.63) is 18.5 Å². The van der Waals surface area contributed by atoms with Gasteiger partial charge in [-0.05, 0) is 31.7 Å². The molecule has 1 amide bonds. The van der Waals surface area contributed by atoms with Crippen LogP contribution in [0.1, 0.15) is 25.7 Å². The smallest absolute Gasteiger partial charge is 0.471 e. The zero-order chi connectivity index (χ0) is 16.3. The molecule has 1 aromatic rings. The van der Waals surface area contributed by atoms with Crippen molar-refractivity contribution < 1.29 is 27.9 Å². The average molecular weight is 317 g/mol. The van der Waals surface area contributed by atoms with Crippen molar-refractivity contribution >= 4 is 17.8 Å². The fourth-order valence-corrected chi connectivity index (χ4v) is 2.55. The number of halogens is 3. The van der Waals surface area contributed by atoms with Crippen LogP contribution in [0.3, 0.4) is 0 Å². The summed E-state index contributed by atoms with van der Waals surface area (Å²) in [5.74, 6) is -3.90. The van der Waals surface area contributed by atoms with Gasteiger partial charge in [-0.3, -0.25) is 14.5 Å². The molecule has 1 saturated carbocycles. The molecule has 0 aromatic carbocycles. The lowest BCUT2D eigenvalue weighted by molar-refractivity contribution is -0.171. The van der Waals surface area contributed by atoms with Crippen LogP contribution >= 0.6 is 0 Å². The Kier molecular flexibility index (Phi) is 4.62. The third-order valence-electron chi connectivity index (χ3n) is 3.64. The van der Waals surface area contributed by atoms with Gasteiger partial charge in [0.1, 0.15) is 0 Å². The van der Waals surface area contributed by atoms with Crippen molar-refractivity contribution in [3.63, 3.8) is 0 Å². The highest BCUT2D eigenvalue weighted by molar-refractivity contribution is 5.96. The first-order chi connectivity index (χ1) is 10.3. The van der Waals surface area contributed by atoms with Crippen molar-refractivity contribution in [1.29, 1.82) is 0 Å². The Morgan fingerprint density at radius 1 is 1.14 bits per heavy atom. The topological polar surface area (TPSA) is 83.4 Å². The maximum absolute atomic E-state index is 12.8. The minimum atomic E-state index is -5.04. The molecule has 6 nitrogen and oxygen atoms in total. The van der Waals surface area contributed by atoms with Crippen LogP contribution in [0.15, 0.2) is 18.5 Å². The number of alkyl halides is 3. The zero-order valence-electron chi connectivity index (χ0n) is 11.5. The second-order valence-corrected chi connectivity index (χ2v) is 5.07. The molecule has 22 heavy (non-hydrogen) atoms. The summed E-state index contributed by atoms with van der Waals surface area (Å²) in [5, 5.41) is 8.93. The van der Waals surface area contributed by atoms with E-state index in [1.54, 1.807) is 0 Å². The van der Waals surface area contributed by atoms with Crippen LogP contribution in [0, 0.1) is 5.92 Å². The Morgan fingerprint density at radius 3 is 2.14 bits per heavy atom. The summed E-state index contributed by atoms with van der Waals surface area (Å²) in [6.07, 6.45) is -1.77. The summed E-state index contributed by atoms with van der Waals surface area (Å²) in [6, 6.07) is 0.674. The molecule has 1 aromatic heterocycles. The van der Waals surface area contributed by atoms with Crippen molar-refractivity contribution in [2.75, 3.05) is 4.90 Å². The van der Waals surface area contributed by atoms with Gasteiger partial charge in [-0.15, -0.1) is 0 Å². The highest BCUT2D eigenvalue weighted by atomic mass is 19.4. The van der Waals surface area contributed by atoms with Gasteiger partial charge in [0.2, 0.25) is 5.95 Å². The maximum atomic E-state index is 12.8. The van der Waals surface area contributed by atoms with Crippen LogP contribution in [-0.4, -0.2) is 39.2 Å². The number of hydrogen-bond donors (Lipinski definition) is 1.